The van der Waals surface area contributed by atoms with Crippen LogP contribution in [-0.4, -0.2) is 41.5 Å². The number of nitrogens with one attached hydrogen (secondary N) is 1. The molecule has 3 atom stereocenters. The van der Waals surface area contributed by atoms with Crippen LogP contribution in [0.1, 0.15) is 55.2 Å². The Balaban J connectivity index is 2.15. The minimum Gasteiger partial charge on any atom is -0.493 e. The van der Waals surface area contributed by atoms with Gasteiger partial charge in [0.15, 0.2) is 17.0 Å². The molecule has 0 saturated carbocycles. The average Bonchev–Trinajstić information content (AvgIpc) is 2.74. The zero-order chi connectivity index (χ0) is 24.7. The van der Waals surface area contributed by atoms with Gasteiger partial charge < -0.3 is 19.5 Å². The van der Waals surface area contributed by atoms with Crippen molar-refractivity contribution in [2.24, 2.45) is 5.92 Å². The number of amides is 1. The summed E-state index contributed by atoms with van der Waals surface area (Å²) in [7, 11) is 1.37. The van der Waals surface area contributed by atoms with E-state index in [1.54, 1.807) is 0 Å². The van der Waals surface area contributed by atoms with Crippen molar-refractivity contribution in [2.45, 2.75) is 52.1 Å². The monoisotopic (exact) mass is 476 g/mol. The Labute approximate surface area is 198 Å². The second kappa shape index (κ2) is 11.7. The van der Waals surface area contributed by atoms with Crippen LogP contribution in [0.4, 0.5) is 0 Å². The molecule has 1 N–H and O–H groups in total. The number of hydrogen-bond acceptors (Lipinski definition) is 7. The van der Waals surface area contributed by atoms with E-state index in [0.717, 1.165) is 11.1 Å². The fourth-order valence-electron chi connectivity index (χ4n) is 3.37. The van der Waals surface area contributed by atoms with Gasteiger partial charge in [-0.15, -0.1) is 0 Å². The number of halogens is 1. The number of carbonyl (C=O) groups excluding carboxylic acids is 3. The zero-order valence-corrected chi connectivity index (χ0v) is 20.3. The lowest BCUT2D eigenvalue weighted by Crippen LogP contribution is -2.41. The lowest BCUT2D eigenvalue weighted by molar-refractivity contribution is -0.148. The van der Waals surface area contributed by atoms with Crippen LogP contribution in [0, 0.1) is 12.8 Å². The summed E-state index contributed by atoms with van der Waals surface area (Å²) >= 11 is 6.52. The number of aromatic nitrogens is 1. The standard InChI is InChI=1S/C24H29ClN2O6/c1-13(2)19(17-10-8-7-9-14(17)3)22(25)33-24(30)15(4)27-23(29)20-21(32-16(5)28)18(31-6)11-12-26-20/h7-13,15,19,22H,1-6H3,(H,27,29)/t15-,19-,22+/m0/s1. The molecule has 1 amide bonds. The largest absolute Gasteiger partial charge is 0.493 e. The van der Waals surface area contributed by atoms with Crippen molar-refractivity contribution in [1.82, 2.24) is 10.3 Å². The van der Waals surface area contributed by atoms with Crippen LogP contribution in [0.2, 0.25) is 0 Å². The summed E-state index contributed by atoms with van der Waals surface area (Å²) < 4.78 is 15.7. The molecule has 0 aliphatic rings. The number of pyridine rings is 1. The van der Waals surface area contributed by atoms with Gasteiger partial charge >= 0.3 is 11.9 Å². The number of hydrogen-bond donors (Lipinski definition) is 1. The molecular formula is C24H29ClN2O6. The van der Waals surface area contributed by atoms with Crippen molar-refractivity contribution in [3.63, 3.8) is 0 Å². The Bertz CT molecular complexity index is 1010. The van der Waals surface area contributed by atoms with E-state index < -0.39 is 29.5 Å². The van der Waals surface area contributed by atoms with E-state index >= 15 is 0 Å². The van der Waals surface area contributed by atoms with Crippen molar-refractivity contribution in [2.75, 3.05) is 7.11 Å². The SMILES string of the molecule is COc1ccnc(C(=O)N[C@@H](C)C(=O)O[C@@H](Cl)[C@H](c2ccccc2C)C(C)C)c1OC(C)=O. The highest BCUT2D eigenvalue weighted by molar-refractivity contribution is 6.20. The van der Waals surface area contributed by atoms with Crippen LogP contribution in [0.15, 0.2) is 36.5 Å². The van der Waals surface area contributed by atoms with E-state index in [2.05, 4.69) is 10.3 Å². The maximum Gasteiger partial charge on any atom is 0.329 e. The number of esters is 2. The normalized spacial score (nSPS) is 13.6. The first kappa shape index (κ1) is 26.1. The van der Waals surface area contributed by atoms with Gasteiger partial charge in [0.1, 0.15) is 6.04 Å². The number of benzene rings is 1. The Morgan fingerprint density at radius 3 is 2.33 bits per heavy atom. The van der Waals surface area contributed by atoms with Gasteiger partial charge in [-0.1, -0.05) is 49.7 Å². The second-order valence-electron chi connectivity index (χ2n) is 7.89. The summed E-state index contributed by atoms with van der Waals surface area (Å²) in [5.74, 6) is -2.23. The smallest absolute Gasteiger partial charge is 0.329 e. The lowest BCUT2D eigenvalue weighted by Gasteiger charge is -2.28. The third kappa shape index (κ3) is 6.68. The molecule has 1 heterocycles. The summed E-state index contributed by atoms with van der Waals surface area (Å²) in [6.45, 7) is 8.62. The van der Waals surface area contributed by atoms with E-state index in [0.29, 0.717) is 0 Å². The van der Waals surface area contributed by atoms with Crippen LogP contribution < -0.4 is 14.8 Å². The number of alkyl halides is 1. The van der Waals surface area contributed by atoms with Crippen LogP contribution in [0.25, 0.3) is 0 Å². The van der Waals surface area contributed by atoms with E-state index in [1.165, 1.54) is 33.2 Å². The minimum atomic E-state index is -1.04. The van der Waals surface area contributed by atoms with E-state index in [-0.39, 0.29) is 29.0 Å². The van der Waals surface area contributed by atoms with Gasteiger partial charge in [-0.25, -0.2) is 9.78 Å². The van der Waals surface area contributed by atoms with Crippen LogP contribution in [0.3, 0.4) is 0 Å². The quantitative estimate of drug-likeness (QED) is 0.431. The molecule has 0 bridgehead atoms. The summed E-state index contributed by atoms with van der Waals surface area (Å²) in [6, 6.07) is 8.18. The molecule has 0 aliphatic heterocycles. The first-order chi connectivity index (χ1) is 15.6. The summed E-state index contributed by atoms with van der Waals surface area (Å²) in [6.07, 6.45) is 1.33. The number of ether oxygens (including phenoxy) is 3. The van der Waals surface area contributed by atoms with Crippen molar-refractivity contribution < 1.29 is 28.6 Å². The molecule has 0 spiro atoms. The van der Waals surface area contributed by atoms with Crippen LogP contribution in [0.5, 0.6) is 11.5 Å². The molecule has 178 valence electrons. The van der Waals surface area contributed by atoms with Gasteiger partial charge in [0.05, 0.1) is 7.11 Å². The van der Waals surface area contributed by atoms with Gasteiger partial charge in [0, 0.05) is 25.1 Å². The third-order valence-electron chi connectivity index (χ3n) is 5.03. The van der Waals surface area contributed by atoms with Crippen LogP contribution >= 0.6 is 11.6 Å². The van der Waals surface area contributed by atoms with Gasteiger partial charge in [-0.2, -0.15) is 0 Å². The Kier molecular flexibility index (Phi) is 9.22. The van der Waals surface area contributed by atoms with Gasteiger partial charge in [-0.05, 0) is 30.9 Å². The van der Waals surface area contributed by atoms with Gasteiger partial charge in [0.2, 0.25) is 5.75 Å². The average molecular weight is 477 g/mol. The summed E-state index contributed by atoms with van der Waals surface area (Å²) in [4.78, 5) is 40.9. The molecule has 2 aromatic rings. The Morgan fingerprint density at radius 1 is 1.09 bits per heavy atom. The molecule has 2 rings (SSSR count). The zero-order valence-electron chi connectivity index (χ0n) is 19.5. The molecule has 0 unspecified atom stereocenters. The number of nitrogens with zero attached hydrogens (tertiary/aromatic N) is 1. The van der Waals surface area contributed by atoms with Crippen molar-refractivity contribution in [3.8, 4) is 11.5 Å². The molecule has 0 radical (unpaired) electrons. The topological polar surface area (TPSA) is 104 Å². The predicted octanol–water partition coefficient (Wildman–Crippen LogP) is 3.99. The molecule has 0 aliphatic carbocycles. The Morgan fingerprint density at radius 2 is 1.76 bits per heavy atom. The summed E-state index contributed by atoms with van der Waals surface area (Å²) in [5, 5.41) is 2.50. The fraction of sp³-hybridized carbons (Fsp3) is 0.417. The molecule has 0 fully saturated rings. The Hall–Kier alpha value is -3.13. The minimum absolute atomic E-state index is 0.0959. The second-order valence-corrected chi connectivity index (χ2v) is 8.32. The lowest BCUT2D eigenvalue weighted by atomic mass is 9.86. The highest BCUT2D eigenvalue weighted by atomic mass is 35.5. The predicted molar refractivity (Wildman–Crippen MR) is 124 cm³/mol. The van der Waals surface area contributed by atoms with E-state index in [9.17, 15) is 14.4 Å². The third-order valence-corrected chi connectivity index (χ3v) is 5.39. The highest BCUT2D eigenvalue weighted by Gasteiger charge is 2.31. The van der Waals surface area contributed by atoms with Gasteiger partial charge in [-0.3, -0.25) is 9.59 Å². The molecule has 0 saturated heterocycles. The van der Waals surface area contributed by atoms with E-state index in [4.69, 9.17) is 25.8 Å². The first-order valence-electron chi connectivity index (χ1n) is 10.5. The fourth-order valence-corrected chi connectivity index (χ4v) is 3.88. The maximum absolute atomic E-state index is 12.8. The molecular weight excluding hydrogens is 448 g/mol. The maximum atomic E-state index is 12.8. The number of carbonyl (C=O) groups is 3. The number of rotatable bonds is 9. The highest BCUT2D eigenvalue weighted by Crippen LogP contribution is 2.34. The number of aryl methyl sites for hydroxylation is 1. The van der Waals surface area contributed by atoms with Crippen molar-refractivity contribution in [1.29, 1.82) is 0 Å². The summed E-state index contributed by atoms with van der Waals surface area (Å²) in [5.41, 5.74) is 0.890. The number of methoxy groups -OCH3 is 1. The van der Waals surface area contributed by atoms with Crippen LogP contribution in [-0.2, 0) is 14.3 Å². The molecule has 1 aromatic heterocycles. The van der Waals surface area contributed by atoms with Crippen molar-refractivity contribution >= 4 is 29.4 Å². The van der Waals surface area contributed by atoms with Gasteiger partial charge in [0.25, 0.3) is 5.91 Å². The molecule has 1 aromatic carbocycles. The van der Waals surface area contributed by atoms with E-state index in [1.807, 2.05) is 45.0 Å². The molecule has 33 heavy (non-hydrogen) atoms. The molecule has 9 heteroatoms. The van der Waals surface area contributed by atoms with Crippen molar-refractivity contribution in [3.05, 3.63) is 53.3 Å². The first-order valence-corrected chi connectivity index (χ1v) is 10.9. The molecule has 8 nitrogen and oxygen atoms in total.